The number of carbonyl (C=O) groups excluding carboxylic acids is 2. The van der Waals surface area contributed by atoms with Gasteiger partial charge in [-0.15, -0.1) is 11.8 Å². The van der Waals surface area contributed by atoms with E-state index in [4.69, 9.17) is 11.6 Å². The Bertz CT molecular complexity index is 437. The quantitative estimate of drug-likeness (QED) is 0.455. The largest absolute Gasteiger partial charge is 0.469 e. The zero-order valence-corrected chi connectivity index (χ0v) is 12.9. The first-order valence-corrected chi connectivity index (χ1v) is 7.70. The Hall–Kier alpha value is -1.20. The zero-order chi connectivity index (χ0) is 14.8. The van der Waals surface area contributed by atoms with Gasteiger partial charge in [-0.05, 0) is 36.4 Å². The summed E-state index contributed by atoms with van der Waals surface area (Å²) >= 11 is 7.49. The molecule has 0 radical (unpaired) electrons. The molecule has 1 amide bonds. The molecule has 0 unspecified atom stereocenters. The molecule has 0 atom stereocenters. The number of hydrogen-bond donors (Lipinski definition) is 1. The summed E-state index contributed by atoms with van der Waals surface area (Å²) in [5, 5.41) is 3.41. The molecule has 0 saturated heterocycles. The van der Waals surface area contributed by atoms with Gasteiger partial charge in [0.2, 0.25) is 5.91 Å². The van der Waals surface area contributed by atoms with Crippen LogP contribution in [0.4, 0.5) is 0 Å². The number of amides is 1. The molecule has 0 aromatic heterocycles. The van der Waals surface area contributed by atoms with E-state index in [0.29, 0.717) is 13.0 Å². The van der Waals surface area contributed by atoms with Gasteiger partial charge in [0.25, 0.3) is 0 Å². The minimum Gasteiger partial charge on any atom is -0.469 e. The van der Waals surface area contributed by atoms with Gasteiger partial charge in [0.1, 0.15) is 0 Å². The maximum absolute atomic E-state index is 11.5. The van der Waals surface area contributed by atoms with Crippen molar-refractivity contribution in [1.29, 1.82) is 0 Å². The summed E-state index contributed by atoms with van der Waals surface area (Å²) in [4.78, 5) is 23.5. The van der Waals surface area contributed by atoms with E-state index in [0.717, 1.165) is 22.1 Å². The summed E-state index contributed by atoms with van der Waals surface area (Å²) in [7, 11) is 1.33. The lowest BCUT2D eigenvalue weighted by Gasteiger charge is -2.04. The highest BCUT2D eigenvalue weighted by atomic mass is 35.5. The van der Waals surface area contributed by atoms with Crippen LogP contribution < -0.4 is 5.32 Å². The van der Waals surface area contributed by atoms with Crippen molar-refractivity contribution in [3.63, 3.8) is 0 Å². The lowest BCUT2D eigenvalue weighted by atomic mass is 10.3. The Morgan fingerprint density at radius 2 is 1.95 bits per heavy atom. The van der Waals surface area contributed by atoms with Crippen LogP contribution in [0.15, 0.2) is 29.2 Å². The van der Waals surface area contributed by atoms with E-state index in [1.165, 1.54) is 7.11 Å². The predicted molar refractivity (Wildman–Crippen MR) is 81.1 cm³/mol. The van der Waals surface area contributed by atoms with Gasteiger partial charge in [-0.1, -0.05) is 11.6 Å². The van der Waals surface area contributed by atoms with Crippen LogP contribution in [0, 0.1) is 0 Å². The minimum absolute atomic E-state index is 0.0365. The lowest BCUT2D eigenvalue weighted by molar-refractivity contribution is -0.140. The van der Waals surface area contributed by atoms with Gasteiger partial charge < -0.3 is 10.1 Å². The summed E-state index contributed by atoms with van der Waals surface area (Å²) in [5.74, 6) is 0.515. The van der Waals surface area contributed by atoms with Crippen molar-refractivity contribution in [3.05, 3.63) is 29.3 Å². The standard InChI is InChI=1S/C14H18ClNO3S/c1-19-14(18)8-9-16-13(17)3-2-10-20-12-6-4-11(15)5-7-12/h4-7H,2-3,8-10H2,1H3,(H,16,17). The SMILES string of the molecule is COC(=O)CCNC(=O)CCCSc1ccc(Cl)cc1. The van der Waals surface area contributed by atoms with Crippen molar-refractivity contribution < 1.29 is 14.3 Å². The second-order valence-electron chi connectivity index (χ2n) is 4.08. The van der Waals surface area contributed by atoms with Crippen molar-refractivity contribution in [1.82, 2.24) is 5.32 Å². The van der Waals surface area contributed by atoms with Gasteiger partial charge in [-0.3, -0.25) is 9.59 Å². The third-order valence-corrected chi connectivity index (χ3v) is 3.86. The number of rotatable bonds is 8. The average molecular weight is 316 g/mol. The summed E-state index contributed by atoms with van der Waals surface area (Å²) in [6.07, 6.45) is 1.46. The first-order chi connectivity index (χ1) is 9.61. The highest BCUT2D eigenvalue weighted by Crippen LogP contribution is 2.21. The Morgan fingerprint density at radius 1 is 1.25 bits per heavy atom. The van der Waals surface area contributed by atoms with E-state index < -0.39 is 0 Å². The van der Waals surface area contributed by atoms with Crippen LogP contribution in [0.5, 0.6) is 0 Å². The molecule has 0 aliphatic carbocycles. The van der Waals surface area contributed by atoms with Gasteiger partial charge in [-0.25, -0.2) is 0 Å². The Morgan fingerprint density at radius 3 is 2.60 bits per heavy atom. The topological polar surface area (TPSA) is 55.4 Å². The normalized spacial score (nSPS) is 10.1. The van der Waals surface area contributed by atoms with Crippen LogP contribution in [0.2, 0.25) is 5.02 Å². The Labute approximate surface area is 128 Å². The lowest BCUT2D eigenvalue weighted by Crippen LogP contribution is -2.26. The van der Waals surface area contributed by atoms with Crippen LogP contribution in [0.3, 0.4) is 0 Å². The number of ether oxygens (including phenoxy) is 1. The van der Waals surface area contributed by atoms with Crippen molar-refractivity contribution >= 4 is 35.2 Å². The number of carbonyl (C=O) groups is 2. The monoisotopic (exact) mass is 315 g/mol. The molecule has 0 spiro atoms. The molecule has 1 aromatic carbocycles. The van der Waals surface area contributed by atoms with Crippen molar-refractivity contribution in [2.24, 2.45) is 0 Å². The number of nitrogens with one attached hydrogen (secondary N) is 1. The molecule has 0 heterocycles. The maximum Gasteiger partial charge on any atom is 0.307 e. The van der Waals surface area contributed by atoms with Gasteiger partial charge >= 0.3 is 5.97 Å². The first-order valence-electron chi connectivity index (χ1n) is 6.33. The van der Waals surface area contributed by atoms with Crippen LogP contribution in [-0.2, 0) is 14.3 Å². The van der Waals surface area contributed by atoms with Crippen LogP contribution in [0.25, 0.3) is 0 Å². The van der Waals surface area contributed by atoms with Crippen molar-refractivity contribution in [3.8, 4) is 0 Å². The minimum atomic E-state index is -0.316. The predicted octanol–water partition coefficient (Wildman–Crippen LogP) is 2.89. The molecule has 110 valence electrons. The van der Waals surface area contributed by atoms with Crippen molar-refractivity contribution in [2.45, 2.75) is 24.2 Å². The Kier molecular flexibility index (Phi) is 8.14. The van der Waals surface area contributed by atoms with E-state index in [2.05, 4.69) is 10.1 Å². The molecule has 0 aliphatic heterocycles. The van der Waals surface area contributed by atoms with Gasteiger partial charge in [0.05, 0.1) is 13.5 Å². The molecule has 0 aliphatic rings. The zero-order valence-electron chi connectivity index (χ0n) is 11.4. The first kappa shape index (κ1) is 16.9. The van der Waals surface area contributed by atoms with E-state index >= 15 is 0 Å². The van der Waals surface area contributed by atoms with Crippen LogP contribution >= 0.6 is 23.4 Å². The molecule has 0 bridgehead atoms. The fourth-order valence-electron chi connectivity index (χ4n) is 1.45. The van der Waals surface area contributed by atoms with Crippen molar-refractivity contribution in [2.75, 3.05) is 19.4 Å². The van der Waals surface area contributed by atoms with Crippen LogP contribution in [0.1, 0.15) is 19.3 Å². The van der Waals surface area contributed by atoms with E-state index in [-0.39, 0.29) is 18.3 Å². The average Bonchev–Trinajstić information content (AvgIpc) is 2.45. The smallest absolute Gasteiger partial charge is 0.307 e. The van der Waals surface area contributed by atoms with Crippen LogP contribution in [-0.4, -0.2) is 31.3 Å². The fourth-order valence-corrected chi connectivity index (χ4v) is 2.43. The second kappa shape index (κ2) is 9.66. The number of benzene rings is 1. The molecule has 20 heavy (non-hydrogen) atoms. The molecular formula is C14H18ClNO3S. The van der Waals surface area contributed by atoms with Gasteiger partial charge in [-0.2, -0.15) is 0 Å². The highest BCUT2D eigenvalue weighted by Gasteiger charge is 2.04. The molecule has 1 N–H and O–H groups in total. The molecule has 0 saturated carbocycles. The van der Waals surface area contributed by atoms with E-state index in [9.17, 15) is 9.59 Å². The second-order valence-corrected chi connectivity index (χ2v) is 5.69. The van der Waals surface area contributed by atoms with E-state index in [1.807, 2.05) is 24.3 Å². The highest BCUT2D eigenvalue weighted by molar-refractivity contribution is 7.99. The molecular weight excluding hydrogens is 298 g/mol. The van der Waals surface area contributed by atoms with Gasteiger partial charge in [0, 0.05) is 22.9 Å². The number of thioether (sulfide) groups is 1. The molecule has 6 heteroatoms. The van der Waals surface area contributed by atoms with Gasteiger partial charge in [0.15, 0.2) is 0 Å². The Balaban J connectivity index is 2.07. The maximum atomic E-state index is 11.5. The number of methoxy groups -OCH3 is 1. The fraction of sp³-hybridized carbons (Fsp3) is 0.429. The third-order valence-electron chi connectivity index (χ3n) is 2.51. The third kappa shape index (κ3) is 7.40. The summed E-state index contributed by atoms with van der Waals surface area (Å²) in [6, 6.07) is 7.62. The summed E-state index contributed by atoms with van der Waals surface area (Å²) in [5.41, 5.74) is 0. The molecule has 1 rings (SSSR count). The number of esters is 1. The number of hydrogen-bond acceptors (Lipinski definition) is 4. The summed E-state index contributed by atoms with van der Waals surface area (Å²) in [6.45, 7) is 0.329. The summed E-state index contributed by atoms with van der Waals surface area (Å²) < 4.78 is 4.48. The molecule has 1 aromatic rings. The molecule has 4 nitrogen and oxygen atoms in total. The number of halogens is 1. The van der Waals surface area contributed by atoms with E-state index in [1.54, 1.807) is 11.8 Å². The molecule has 0 fully saturated rings.